The Bertz CT molecular complexity index is 533. The number of benzene rings is 1. The number of rotatable bonds is 6. The number of carbonyl (C=O) groups is 2. The van der Waals surface area contributed by atoms with Crippen LogP contribution in [0, 0.1) is 5.82 Å². The van der Waals surface area contributed by atoms with Crippen molar-refractivity contribution in [3.05, 3.63) is 35.6 Å². The van der Waals surface area contributed by atoms with E-state index in [1.807, 2.05) is 0 Å². The lowest BCUT2D eigenvalue weighted by molar-refractivity contribution is -0.139. The average molecular weight is 323 g/mol. The monoisotopic (exact) mass is 323 g/mol. The number of morpholine rings is 1. The van der Waals surface area contributed by atoms with Gasteiger partial charge in [-0.15, -0.1) is 0 Å². The van der Waals surface area contributed by atoms with E-state index in [2.05, 4.69) is 15.5 Å². The molecule has 1 saturated heterocycles. The van der Waals surface area contributed by atoms with Crippen LogP contribution in [0.4, 0.5) is 4.39 Å². The molecule has 2 amide bonds. The van der Waals surface area contributed by atoms with Crippen molar-refractivity contribution in [1.29, 1.82) is 0 Å². The number of hydrogen-bond acceptors (Lipinski definition) is 4. The second-order valence-corrected chi connectivity index (χ2v) is 5.31. The van der Waals surface area contributed by atoms with Gasteiger partial charge in [-0.25, -0.2) is 4.39 Å². The molecule has 0 bridgehead atoms. The van der Waals surface area contributed by atoms with Crippen LogP contribution in [0.3, 0.4) is 0 Å². The van der Waals surface area contributed by atoms with Crippen molar-refractivity contribution in [3.63, 3.8) is 0 Å². The van der Waals surface area contributed by atoms with E-state index in [4.69, 9.17) is 4.74 Å². The van der Waals surface area contributed by atoms with Crippen LogP contribution in [0.5, 0.6) is 0 Å². The third-order valence-corrected chi connectivity index (χ3v) is 3.66. The molecule has 0 aromatic heterocycles. The lowest BCUT2D eigenvalue weighted by Gasteiger charge is -2.26. The van der Waals surface area contributed by atoms with Crippen LogP contribution in [-0.4, -0.2) is 62.7 Å². The van der Waals surface area contributed by atoms with Crippen LogP contribution in [0.25, 0.3) is 0 Å². The van der Waals surface area contributed by atoms with Gasteiger partial charge in [-0.05, 0) is 18.1 Å². The highest BCUT2D eigenvalue weighted by Crippen LogP contribution is 2.06. The van der Waals surface area contributed by atoms with Gasteiger partial charge in [-0.2, -0.15) is 0 Å². The molecule has 0 saturated carbocycles. The summed E-state index contributed by atoms with van der Waals surface area (Å²) >= 11 is 0. The van der Waals surface area contributed by atoms with E-state index in [9.17, 15) is 14.0 Å². The van der Waals surface area contributed by atoms with Gasteiger partial charge < -0.3 is 15.4 Å². The van der Waals surface area contributed by atoms with Gasteiger partial charge in [0.2, 0.25) is 0 Å². The summed E-state index contributed by atoms with van der Waals surface area (Å²) in [6.45, 7) is 4.40. The van der Waals surface area contributed by atoms with Crippen molar-refractivity contribution >= 4 is 11.8 Å². The van der Waals surface area contributed by atoms with Crippen LogP contribution in [-0.2, 0) is 20.7 Å². The molecule has 2 rings (SSSR count). The zero-order valence-corrected chi connectivity index (χ0v) is 13.0. The second-order valence-electron chi connectivity index (χ2n) is 5.31. The summed E-state index contributed by atoms with van der Waals surface area (Å²) < 4.78 is 18.6. The Balaban J connectivity index is 1.61. The molecule has 0 radical (unpaired) electrons. The van der Waals surface area contributed by atoms with Crippen molar-refractivity contribution in [2.75, 3.05) is 45.9 Å². The molecular weight excluding hydrogens is 301 g/mol. The lowest BCUT2D eigenvalue weighted by Crippen LogP contribution is -2.45. The Morgan fingerprint density at radius 2 is 1.74 bits per heavy atom. The third-order valence-electron chi connectivity index (χ3n) is 3.66. The van der Waals surface area contributed by atoms with Gasteiger partial charge in [0.25, 0.3) is 0 Å². The first-order valence-corrected chi connectivity index (χ1v) is 7.76. The molecule has 0 atom stereocenters. The molecule has 23 heavy (non-hydrogen) atoms. The highest BCUT2D eigenvalue weighted by atomic mass is 19.1. The number of nitrogens with one attached hydrogen (secondary N) is 2. The normalized spacial score (nSPS) is 15.2. The minimum atomic E-state index is -0.691. The van der Waals surface area contributed by atoms with Crippen molar-refractivity contribution in [3.8, 4) is 0 Å². The van der Waals surface area contributed by atoms with Crippen molar-refractivity contribution < 1.29 is 18.7 Å². The Hall–Kier alpha value is -1.99. The molecule has 126 valence electrons. The molecule has 1 aliphatic rings. The maximum atomic E-state index is 13.4. The van der Waals surface area contributed by atoms with E-state index in [1.165, 1.54) is 6.07 Å². The predicted molar refractivity (Wildman–Crippen MR) is 83.4 cm³/mol. The van der Waals surface area contributed by atoms with Gasteiger partial charge in [-0.1, -0.05) is 18.2 Å². The standard InChI is InChI=1S/C16H22FN3O3/c17-14-4-2-1-3-13(14)5-6-18-15(21)16(22)19-7-8-20-9-11-23-12-10-20/h1-4H,5-12H2,(H,18,21)(H,19,22). The molecule has 6 nitrogen and oxygen atoms in total. The summed E-state index contributed by atoms with van der Waals surface area (Å²) in [4.78, 5) is 25.5. The van der Waals surface area contributed by atoms with Crippen LogP contribution in [0.1, 0.15) is 5.56 Å². The first-order chi connectivity index (χ1) is 11.2. The van der Waals surface area contributed by atoms with E-state index in [-0.39, 0.29) is 12.4 Å². The Morgan fingerprint density at radius 1 is 1.09 bits per heavy atom. The predicted octanol–water partition coefficient (Wildman–Crippen LogP) is -0.0672. The van der Waals surface area contributed by atoms with Gasteiger partial charge in [0.1, 0.15) is 5.82 Å². The van der Waals surface area contributed by atoms with Crippen molar-refractivity contribution in [1.82, 2.24) is 15.5 Å². The molecule has 1 aromatic rings. The summed E-state index contributed by atoms with van der Waals surface area (Å²) in [7, 11) is 0. The van der Waals surface area contributed by atoms with Gasteiger partial charge in [-0.3, -0.25) is 14.5 Å². The topological polar surface area (TPSA) is 70.7 Å². The minimum Gasteiger partial charge on any atom is -0.379 e. The van der Waals surface area contributed by atoms with Gasteiger partial charge in [0, 0.05) is 32.7 Å². The van der Waals surface area contributed by atoms with E-state index >= 15 is 0 Å². The molecule has 1 aromatic carbocycles. The Kier molecular flexibility index (Phi) is 6.96. The minimum absolute atomic E-state index is 0.219. The first kappa shape index (κ1) is 17.4. The van der Waals surface area contributed by atoms with Gasteiger partial charge in [0.15, 0.2) is 0 Å². The van der Waals surface area contributed by atoms with E-state index < -0.39 is 11.8 Å². The SMILES string of the molecule is O=C(NCCc1ccccc1F)C(=O)NCCN1CCOCC1. The fourth-order valence-corrected chi connectivity index (χ4v) is 2.32. The molecule has 1 aliphatic heterocycles. The third kappa shape index (κ3) is 5.96. The van der Waals surface area contributed by atoms with Gasteiger partial charge >= 0.3 is 11.8 Å². The number of carbonyl (C=O) groups excluding carboxylic acids is 2. The number of ether oxygens (including phenoxy) is 1. The first-order valence-electron chi connectivity index (χ1n) is 7.76. The van der Waals surface area contributed by atoms with E-state index in [0.29, 0.717) is 38.3 Å². The van der Waals surface area contributed by atoms with E-state index in [0.717, 1.165) is 13.1 Å². The van der Waals surface area contributed by atoms with Crippen molar-refractivity contribution in [2.24, 2.45) is 0 Å². The summed E-state index contributed by atoms with van der Waals surface area (Å²) in [5, 5.41) is 5.08. The maximum Gasteiger partial charge on any atom is 0.309 e. The van der Waals surface area contributed by atoms with Gasteiger partial charge in [0.05, 0.1) is 13.2 Å². The molecule has 0 aliphatic carbocycles. The zero-order valence-electron chi connectivity index (χ0n) is 13.0. The van der Waals surface area contributed by atoms with Crippen molar-refractivity contribution in [2.45, 2.75) is 6.42 Å². The van der Waals surface area contributed by atoms with Crippen LogP contribution < -0.4 is 10.6 Å². The Labute approximate surface area is 135 Å². The number of nitrogens with zero attached hydrogens (tertiary/aromatic N) is 1. The van der Waals surface area contributed by atoms with Crippen LogP contribution >= 0.6 is 0 Å². The highest BCUT2D eigenvalue weighted by molar-refractivity contribution is 6.35. The molecule has 1 heterocycles. The fraction of sp³-hybridized carbons (Fsp3) is 0.500. The summed E-state index contributed by atoms with van der Waals surface area (Å²) in [5.74, 6) is -1.66. The lowest BCUT2D eigenvalue weighted by atomic mass is 10.1. The molecule has 2 N–H and O–H groups in total. The maximum absolute atomic E-state index is 13.4. The summed E-state index contributed by atoms with van der Waals surface area (Å²) in [6, 6.07) is 6.37. The second kappa shape index (κ2) is 9.22. The molecular formula is C16H22FN3O3. The smallest absolute Gasteiger partial charge is 0.309 e. The van der Waals surface area contributed by atoms with Crippen LogP contribution in [0.15, 0.2) is 24.3 Å². The number of halogens is 1. The van der Waals surface area contributed by atoms with E-state index in [1.54, 1.807) is 18.2 Å². The molecule has 0 spiro atoms. The molecule has 0 unspecified atom stereocenters. The molecule has 7 heteroatoms. The fourth-order valence-electron chi connectivity index (χ4n) is 2.32. The number of amides is 2. The molecule has 1 fully saturated rings. The summed E-state index contributed by atoms with van der Waals surface area (Å²) in [5.41, 5.74) is 0.514. The Morgan fingerprint density at radius 3 is 2.43 bits per heavy atom. The average Bonchev–Trinajstić information content (AvgIpc) is 2.57. The number of hydrogen-bond donors (Lipinski definition) is 2. The quantitative estimate of drug-likeness (QED) is 0.719. The largest absolute Gasteiger partial charge is 0.379 e. The zero-order chi connectivity index (χ0) is 16.5. The highest BCUT2D eigenvalue weighted by Gasteiger charge is 2.14. The summed E-state index contributed by atoms with van der Waals surface area (Å²) in [6.07, 6.45) is 0.347. The van der Waals surface area contributed by atoms with Crippen LogP contribution in [0.2, 0.25) is 0 Å².